The molecule has 1 fully saturated rings. The molecular weight excluding hydrogens is 322 g/mol. The Morgan fingerprint density at radius 2 is 2.21 bits per heavy atom. The summed E-state index contributed by atoms with van der Waals surface area (Å²) in [6.07, 6.45) is 2.03. The normalized spacial score (nSPS) is 15.4. The number of aromatic nitrogens is 3. The van der Waals surface area contributed by atoms with Crippen LogP contribution in [0.15, 0.2) is 29.2 Å². The second-order valence-corrected chi connectivity index (χ2v) is 7.20. The van der Waals surface area contributed by atoms with E-state index in [0.717, 1.165) is 48.0 Å². The fourth-order valence-corrected chi connectivity index (χ4v) is 3.69. The van der Waals surface area contributed by atoms with Gasteiger partial charge in [0.25, 0.3) is 5.91 Å². The monoisotopic (exact) mass is 345 g/mol. The molecule has 0 bridgehead atoms. The Bertz CT molecular complexity index is 709. The van der Waals surface area contributed by atoms with Gasteiger partial charge in [0.15, 0.2) is 5.69 Å². The molecule has 1 aliphatic heterocycles. The Labute approximate surface area is 146 Å². The number of thioether (sulfide) groups is 1. The van der Waals surface area contributed by atoms with Gasteiger partial charge in [-0.3, -0.25) is 4.79 Å². The van der Waals surface area contributed by atoms with Crippen molar-refractivity contribution < 1.29 is 4.79 Å². The molecule has 0 aliphatic carbocycles. The first kappa shape index (κ1) is 17.0. The maximum atomic E-state index is 12.6. The molecule has 0 atom stereocenters. The van der Waals surface area contributed by atoms with E-state index in [2.05, 4.69) is 27.9 Å². The highest BCUT2D eigenvalue weighted by molar-refractivity contribution is 7.99. The van der Waals surface area contributed by atoms with Crippen molar-refractivity contribution in [2.24, 2.45) is 0 Å². The standard InChI is InChI=1S/C17H23N5OS/c1-3-24-15-6-4-5-13(11-15)19-17(23)16-12(2)22(21-20-16)14-7-9-18-10-8-14/h4-6,11,14,18H,3,7-10H2,1-2H3,(H,19,23). The molecule has 2 N–H and O–H groups in total. The quantitative estimate of drug-likeness (QED) is 0.815. The van der Waals surface area contributed by atoms with Gasteiger partial charge in [-0.25, -0.2) is 4.68 Å². The van der Waals surface area contributed by atoms with Gasteiger partial charge in [0.1, 0.15) is 0 Å². The number of benzene rings is 1. The molecule has 6 nitrogen and oxygen atoms in total. The van der Waals surface area contributed by atoms with E-state index in [9.17, 15) is 4.79 Å². The van der Waals surface area contributed by atoms with Gasteiger partial charge in [0, 0.05) is 10.6 Å². The lowest BCUT2D eigenvalue weighted by Crippen LogP contribution is -2.30. The topological polar surface area (TPSA) is 71.8 Å². The molecule has 1 aromatic carbocycles. The van der Waals surface area contributed by atoms with E-state index in [4.69, 9.17) is 0 Å². The number of hydrogen-bond donors (Lipinski definition) is 2. The smallest absolute Gasteiger partial charge is 0.278 e. The maximum Gasteiger partial charge on any atom is 0.278 e. The number of carbonyl (C=O) groups is 1. The molecule has 3 rings (SSSR count). The summed E-state index contributed by atoms with van der Waals surface area (Å²) in [7, 11) is 0. The zero-order valence-electron chi connectivity index (χ0n) is 14.1. The van der Waals surface area contributed by atoms with Crippen molar-refractivity contribution in [3.63, 3.8) is 0 Å². The van der Waals surface area contributed by atoms with Crippen LogP contribution in [0.3, 0.4) is 0 Å². The van der Waals surface area contributed by atoms with Crippen LogP contribution >= 0.6 is 11.8 Å². The summed E-state index contributed by atoms with van der Waals surface area (Å²) in [4.78, 5) is 13.7. The van der Waals surface area contributed by atoms with Crippen molar-refractivity contribution in [3.8, 4) is 0 Å². The van der Waals surface area contributed by atoms with Crippen LogP contribution in [0, 0.1) is 6.92 Å². The van der Waals surface area contributed by atoms with E-state index in [1.807, 2.05) is 35.9 Å². The first-order valence-corrected chi connectivity index (χ1v) is 9.34. The largest absolute Gasteiger partial charge is 0.320 e. The number of hydrogen-bond acceptors (Lipinski definition) is 5. The van der Waals surface area contributed by atoms with E-state index in [1.165, 1.54) is 0 Å². The predicted molar refractivity (Wildman–Crippen MR) is 96.7 cm³/mol. The van der Waals surface area contributed by atoms with Crippen LogP contribution in [0.2, 0.25) is 0 Å². The molecule has 7 heteroatoms. The molecular formula is C17H23N5OS. The predicted octanol–water partition coefficient (Wildman–Crippen LogP) is 2.88. The van der Waals surface area contributed by atoms with Crippen LogP contribution in [0.25, 0.3) is 0 Å². The van der Waals surface area contributed by atoms with Gasteiger partial charge in [-0.05, 0) is 56.8 Å². The molecule has 24 heavy (non-hydrogen) atoms. The first-order chi connectivity index (χ1) is 11.7. The number of carbonyl (C=O) groups excluding carboxylic acids is 1. The van der Waals surface area contributed by atoms with E-state index < -0.39 is 0 Å². The van der Waals surface area contributed by atoms with E-state index in [-0.39, 0.29) is 5.91 Å². The molecule has 1 aliphatic rings. The highest BCUT2D eigenvalue weighted by Crippen LogP contribution is 2.23. The number of rotatable bonds is 5. The number of nitrogens with zero attached hydrogens (tertiary/aromatic N) is 3. The molecule has 2 heterocycles. The molecule has 0 unspecified atom stereocenters. The summed E-state index contributed by atoms with van der Waals surface area (Å²) in [5, 5.41) is 14.6. The van der Waals surface area contributed by atoms with Crippen LogP contribution in [-0.4, -0.2) is 39.7 Å². The third kappa shape index (κ3) is 3.79. The average molecular weight is 345 g/mol. The van der Waals surface area contributed by atoms with Gasteiger partial charge in [0.2, 0.25) is 0 Å². The van der Waals surface area contributed by atoms with Crippen LogP contribution < -0.4 is 10.6 Å². The molecule has 1 amide bonds. The minimum absolute atomic E-state index is 0.202. The Kier molecular flexibility index (Phi) is 5.52. The minimum Gasteiger partial charge on any atom is -0.320 e. The van der Waals surface area contributed by atoms with Crippen LogP contribution in [0.5, 0.6) is 0 Å². The molecule has 0 radical (unpaired) electrons. The van der Waals surface area contributed by atoms with E-state index >= 15 is 0 Å². The lowest BCUT2D eigenvalue weighted by Gasteiger charge is -2.23. The Morgan fingerprint density at radius 1 is 1.42 bits per heavy atom. The van der Waals surface area contributed by atoms with Crippen molar-refractivity contribution >= 4 is 23.4 Å². The number of anilines is 1. The van der Waals surface area contributed by atoms with Gasteiger partial charge in [0.05, 0.1) is 11.7 Å². The molecule has 0 saturated carbocycles. The SMILES string of the molecule is CCSc1cccc(NC(=O)c2nnn(C3CCNCC3)c2C)c1. The van der Waals surface area contributed by atoms with Gasteiger partial charge < -0.3 is 10.6 Å². The average Bonchev–Trinajstić information content (AvgIpc) is 2.98. The van der Waals surface area contributed by atoms with Gasteiger partial charge in [-0.15, -0.1) is 16.9 Å². The molecule has 1 saturated heterocycles. The summed E-state index contributed by atoms with van der Waals surface area (Å²) in [6, 6.07) is 8.20. The fraction of sp³-hybridized carbons (Fsp3) is 0.471. The van der Waals surface area contributed by atoms with E-state index in [0.29, 0.717) is 11.7 Å². The number of piperidine rings is 1. The fourth-order valence-electron chi connectivity index (χ4n) is 2.97. The highest BCUT2D eigenvalue weighted by Gasteiger charge is 2.22. The van der Waals surface area contributed by atoms with Crippen LogP contribution in [0.4, 0.5) is 5.69 Å². The van der Waals surface area contributed by atoms with Crippen molar-refractivity contribution in [2.45, 2.75) is 37.6 Å². The summed E-state index contributed by atoms with van der Waals surface area (Å²) in [6.45, 7) is 5.99. The van der Waals surface area contributed by atoms with Gasteiger partial charge in [-0.2, -0.15) is 0 Å². The minimum atomic E-state index is -0.202. The first-order valence-electron chi connectivity index (χ1n) is 8.35. The van der Waals surface area contributed by atoms with Crippen molar-refractivity contribution in [3.05, 3.63) is 35.7 Å². The van der Waals surface area contributed by atoms with Crippen molar-refractivity contribution in [2.75, 3.05) is 24.2 Å². The van der Waals surface area contributed by atoms with Crippen LogP contribution in [0.1, 0.15) is 42.0 Å². The van der Waals surface area contributed by atoms with Gasteiger partial charge in [-0.1, -0.05) is 18.2 Å². The third-order valence-corrected chi connectivity index (χ3v) is 5.08. The summed E-state index contributed by atoms with van der Waals surface area (Å²) in [5.74, 6) is 0.799. The Balaban J connectivity index is 1.73. The lowest BCUT2D eigenvalue weighted by molar-refractivity contribution is 0.102. The van der Waals surface area contributed by atoms with E-state index in [1.54, 1.807) is 11.8 Å². The number of amides is 1. The molecule has 128 valence electrons. The van der Waals surface area contributed by atoms with Crippen molar-refractivity contribution in [1.29, 1.82) is 0 Å². The second-order valence-electron chi connectivity index (χ2n) is 5.86. The van der Waals surface area contributed by atoms with Crippen molar-refractivity contribution in [1.82, 2.24) is 20.3 Å². The second kappa shape index (κ2) is 7.81. The third-order valence-electron chi connectivity index (χ3n) is 4.20. The molecule has 0 spiro atoms. The zero-order chi connectivity index (χ0) is 16.9. The lowest BCUT2D eigenvalue weighted by atomic mass is 10.1. The summed E-state index contributed by atoms with van der Waals surface area (Å²) in [5.41, 5.74) is 2.02. The molecule has 2 aromatic rings. The number of nitrogens with one attached hydrogen (secondary N) is 2. The zero-order valence-corrected chi connectivity index (χ0v) is 14.9. The Morgan fingerprint density at radius 3 is 2.96 bits per heavy atom. The summed E-state index contributed by atoms with van der Waals surface area (Å²) < 4.78 is 1.90. The highest BCUT2D eigenvalue weighted by atomic mass is 32.2. The molecule has 1 aromatic heterocycles. The maximum absolute atomic E-state index is 12.6. The Hall–Kier alpha value is -1.86. The summed E-state index contributed by atoms with van der Waals surface area (Å²) >= 11 is 1.75. The van der Waals surface area contributed by atoms with Gasteiger partial charge >= 0.3 is 0 Å². The van der Waals surface area contributed by atoms with Crippen LogP contribution in [-0.2, 0) is 0 Å².